The molecule has 1 fully saturated rings. The number of nitrogens with zero attached hydrogens (tertiary/aromatic N) is 1. The molecule has 0 bridgehead atoms. The van der Waals surface area contributed by atoms with E-state index < -0.39 is 5.91 Å². The maximum absolute atomic E-state index is 12.4. The fourth-order valence-electron chi connectivity index (χ4n) is 3.11. The molecule has 3 rings (SSSR count). The second-order valence-electron chi connectivity index (χ2n) is 6.15. The van der Waals surface area contributed by atoms with E-state index in [0.29, 0.717) is 18.9 Å². The van der Waals surface area contributed by atoms with Crippen molar-refractivity contribution < 1.29 is 14.3 Å². The zero-order valence-electron chi connectivity index (χ0n) is 14.8. The van der Waals surface area contributed by atoms with Gasteiger partial charge in [-0.2, -0.15) is 5.26 Å². The Morgan fingerprint density at radius 3 is 2.96 bits per heavy atom. The Morgan fingerprint density at radius 2 is 2.23 bits per heavy atom. The molecule has 1 heterocycles. The summed E-state index contributed by atoms with van der Waals surface area (Å²) in [4.78, 5) is 12.4. The molecule has 1 atom stereocenters. The Hall–Kier alpha value is -2.84. The van der Waals surface area contributed by atoms with Gasteiger partial charge < -0.3 is 14.8 Å². The highest BCUT2D eigenvalue weighted by molar-refractivity contribution is 6.05. The number of hydrogen-bond donors (Lipinski definition) is 1. The van der Waals surface area contributed by atoms with Crippen molar-refractivity contribution in [1.29, 1.82) is 5.26 Å². The van der Waals surface area contributed by atoms with Crippen molar-refractivity contribution in [2.45, 2.75) is 25.9 Å². The highest BCUT2D eigenvalue weighted by Gasteiger charge is 2.18. The van der Waals surface area contributed by atoms with Gasteiger partial charge in [0.1, 0.15) is 17.4 Å². The van der Waals surface area contributed by atoms with Crippen molar-refractivity contribution in [2.75, 3.05) is 19.8 Å². The van der Waals surface area contributed by atoms with Crippen molar-refractivity contribution in [1.82, 2.24) is 5.32 Å². The number of fused-ring (bicyclic) bond motifs is 1. The van der Waals surface area contributed by atoms with Crippen LogP contribution in [0.15, 0.2) is 42.0 Å². The Kier molecular flexibility index (Phi) is 5.88. The van der Waals surface area contributed by atoms with Crippen LogP contribution in [0.1, 0.15) is 25.3 Å². The molecule has 0 saturated carbocycles. The van der Waals surface area contributed by atoms with Crippen LogP contribution in [0, 0.1) is 11.3 Å². The Bertz CT molecular complexity index is 861. The lowest BCUT2D eigenvalue weighted by Crippen LogP contribution is -2.32. The normalized spacial score (nSPS) is 17.1. The minimum Gasteiger partial charge on any atom is -0.493 e. The Balaban J connectivity index is 1.91. The van der Waals surface area contributed by atoms with E-state index in [1.54, 1.807) is 6.08 Å². The molecule has 1 N–H and O–H groups in total. The predicted molar refractivity (Wildman–Crippen MR) is 101 cm³/mol. The Labute approximate surface area is 153 Å². The second-order valence-corrected chi connectivity index (χ2v) is 6.15. The molecule has 0 spiro atoms. The number of nitriles is 1. The van der Waals surface area contributed by atoms with E-state index in [4.69, 9.17) is 9.47 Å². The second kappa shape index (κ2) is 8.50. The van der Waals surface area contributed by atoms with Gasteiger partial charge in [0.15, 0.2) is 0 Å². The Morgan fingerprint density at radius 1 is 1.38 bits per heavy atom. The summed E-state index contributed by atoms with van der Waals surface area (Å²) in [5.41, 5.74) is 0.800. The summed E-state index contributed by atoms with van der Waals surface area (Å²) in [6, 6.07) is 13.7. The van der Waals surface area contributed by atoms with E-state index in [1.807, 2.05) is 49.4 Å². The van der Waals surface area contributed by atoms with Crippen LogP contribution in [0.5, 0.6) is 5.75 Å². The van der Waals surface area contributed by atoms with Gasteiger partial charge in [0.2, 0.25) is 0 Å². The first-order chi connectivity index (χ1) is 12.7. The molecule has 0 aromatic heterocycles. The van der Waals surface area contributed by atoms with Gasteiger partial charge in [-0.15, -0.1) is 0 Å². The quantitative estimate of drug-likeness (QED) is 0.640. The van der Waals surface area contributed by atoms with Crippen molar-refractivity contribution >= 4 is 22.8 Å². The molecule has 2 aromatic rings. The maximum atomic E-state index is 12.4. The summed E-state index contributed by atoms with van der Waals surface area (Å²) in [5, 5.41) is 14.3. The fourth-order valence-corrected chi connectivity index (χ4v) is 3.11. The average molecular weight is 350 g/mol. The third kappa shape index (κ3) is 4.04. The monoisotopic (exact) mass is 350 g/mol. The zero-order chi connectivity index (χ0) is 18.4. The predicted octanol–water partition coefficient (Wildman–Crippen LogP) is 3.44. The summed E-state index contributed by atoms with van der Waals surface area (Å²) in [6.07, 6.45) is 3.59. The van der Waals surface area contributed by atoms with E-state index in [2.05, 4.69) is 5.32 Å². The van der Waals surface area contributed by atoms with E-state index in [9.17, 15) is 10.1 Å². The van der Waals surface area contributed by atoms with E-state index in [-0.39, 0.29) is 11.7 Å². The molecule has 1 saturated heterocycles. The molecular weight excluding hydrogens is 328 g/mol. The first kappa shape index (κ1) is 18.0. The third-order valence-electron chi connectivity index (χ3n) is 4.40. The number of benzene rings is 2. The van der Waals surface area contributed by atoms with Crippen molar-refractivity contribution in [2.24, 2.45) is 0 Å². The highest BCUT2D eigenvalue weighted by atomic mass is 16.5. The summed E-state index contributed by atoms with van der Waals surface area (Å²) in [5.74, 6) is 0.268. The zero-order valence-corrected chi connectivity index (χ0v) is 14.8. The van der Waals surface area contributed by atoms with Gasteiger partial charge in [-0.05, 0) is 42.7 Å². The van der Waals surface area contributed by atoms with Crippen LogP contribution < -0.4 is 10.1 Å². The molecule has 5 nitrogen and oxygen atoms in total. The van der Waals surface area contributed by atoms with Crippen molar-refractivity contribution in [3.8, 4) is 11.8 Å². The van der Waals surface area contributed by atoms with Gasteiger partial charge in [-0.3, -0.25) is 4.79 Å². The average Bonchev–Trinajstić information content (AvgIpc) is 3.19. The molecular formula is C21H22N2O3. The highest BCUT2D eigenvalue weighted by Crippen LogP contribution is 2.30. The molecule has 1 aliphatic heterocycles. The van der Waals surface area contributed by atoms with E-state index >= 15 is 0 Å². The molecule has 1 amide bonds. The summed E-state index contributed by atoms with van der Waals surface area (Å²) in [6.45, 7) is 3.56. The van der Waals surface area contributed by atoms with Crippen LogP contribution in [-0.4, -0.2) is 31.8 Å². The van der Waals surface area contributed by atoms with Gasteiger partial charge in [0, 0.05) is 18.7 Å². The van der Waals surface area contributed by atoms with Gasteiger partial charge in [0.05, 0.1) is 12.7 Å². The molecule has 0 aliphatic carbocycles. The van der Waals surface area contributed by atoms with Crippen LogP contribution >= 0.6 is 0 Å². The number of ether oxygens (including phenoxy) is 2. The van der Waals surface area contributed by atoms with Gasteiger partial charge >= 0.3 is 0 Å². The molecule has 0 unspecified atom stereocenters. The number of amides is 1. The van der Waals surface area contributed by atoms with Crippen LogP contribution in [0.25, 0.3) is 16.8 Å². The molecule has 26 heavy (non-hydrogen) atoms. The van der Waals surface area contributed by atoms with E-state index in [1.165, 1.54) is 0 Å². The van der Waals surface area contributed by atoms with Crippen molar-refractivity contribution in [3.05, 3.63) is 47.5 Å². The lowest BCUT2D eigenvalue weighted by molar-refractivity contribution is -0.117. The topological polar surface area (TPSA) is 71.3 Å². The minimum atomic E-state index is -0.390. The molecule has 1 aliphatic rings. The summed E-state index contributed by atoms with van der Waals surface area (Å²) >= 11 is 0. The number of carbonyl (C=O) groups is 1. The van der Waals surface area contributed by atoms with Gasteiger partial charge in [0.25, 0.3) is 5.91 Å². The van der Waals surface area contributed by atoms with Gasteiger partial charge in [-0.1, -0.05) is 30.3 Å². The summed E-state index contributed by atoms with van der Waals surface area (Å²) in [7, 11) is 0. The lowest BCUT2D eigenvalue weighted by atomic mass is 10.0. The molecule has 0 radical (unpaired) electrons. The number of rotatable bonds is 6. The molecule has 5 heteroatoms. The maximum Gasteiger partial charge on any atom is 0.262 e. The van der Waals surface area contributed by atoms with Crippen molar-refractivity contribution in [3.63, 3.8) is 0 Å². The van der Waals surface area contributed by atoms with Gasteiger partial charge in [-0.25, -0.2) is 0 Å². The SMILES string of the molecule is CCOc1ccc2ccccc2c1/C=C(\C#N)C(=O)NC[C@@H]1CCCO1. The first-order valence-electron chi connectivity index (χ1n) is 8.89. The third-order valence-corrected chi connectivity index (χ3v) is 4.40. The minimum absolute atomic E-state index is 0.0374. The van der Waals surface area contributed by atoms with Crippen LogP contribution in [0.4, 0.5) is 0 Å². The summed E-state index contributed by atoms with van der Waals surface area (Å²) < 4.78 is 11.2. The number of carbonyl (C=O) groups excluding carboxylic acids is 1. The number of nitrogens with one attached hydrogen (secondary N) is 1. The standard InChI is InChI=1S/C21H22N2O3/c1-2-25-20-10-9-15-6-3-4-8-18(15)19(20)12-16(13-22)21(24)23-14-17-7-5-11-26-17/h3-4,6,8-10,12,17H,2,5,7,11,14H2,1H3,(H,23,24)/b16-12+/t17-/m0/s1. The molecule has 134 valence electrons. The first-order valence-corrected chi connectivity index (χ1v) is 8.89. The fraction of sp³-hybridized carbons (Fsp3) is 0.333. The lowest BCUT2D eigenvalue weighted by Gasteiger charge is -2.12. The smallest absolute Gasteiger partial charge is 0.262 e. The van der Waals surface area contributed by atoms with Crippen LogP contribution in [0.2, 0.25) is 0 Å². The number of hydrogen-bond acceptors (Lipinski definition) is 4. The molecule has 2 aromatic carbocycles. The van der Waals surface area contributed by atoms with E-state index in [0.717, 1.165) is 35.8 Å². The van der Waals surface area contributed by atoms with Crippen LogP contribution in [-0.2, 0) is 9.53 Å². The largest absolute Gasteiger partial charge is 0.493 e. The van der Waals surface area contributed by atoms with Crippen LogP contribution in [0.3, 0.4) is 0 Å².